The Kier molecular flexibility index (Phi) is 4.63. The van der Waals surface area contributed by atoms with Gasteiger partial charge in [0, 0.05) is 12.4 Å². The molecule has 2 nitrogen and oxygen atoms in total. The average Bonchev–Trinajstić information content (AvgIpc) is 2.44. The number of hydrogen-bond donors (Lipinski definition) is 1. The molecule has 1 N–H and O–H groups in total. The summed E-state index contributed by atoms with van der Waals surface area (Å²) < 4.78 is 13.4. The molecule has 1 atom stereocenters. The van der Waals surface area contributed by atoms with Crippen molar-refractivity contribution in [1.29, 1.82) is 0 Å². The molecule has 0 bridgehead atoms. The third-order valence-corrected chi connectivity index (χ3v) is 3.13. The summed E-state index contributed by atoms with van der Waals surface area (Å²) >= 11 is 0. The summed E-state index contributed by atoms with van der Waals surface area (Å²) in [6.45, 7) is 4.83. The Labute approximate surface area is 113 Å². The fraction of sp³-hybridized carbons (Fsp3) is 0.312. The predicted octanol–water partition coefficient (Wildman–Crippen LogP) is 3.62. The van der Waals surface area contributed by atoms with Gasteiger partial charge in [-0.1, -0.05) is 25.1 Å². The SMILES string of the molecule is CCCN[C@@H](c1cccnc1)c1ccc(F)c(C)c1. The lowest BCUT2D eigenvalue weighted by atomic mass is 9.98. The molecule has 0 saturated heterocycles. The topological polar surface area (TPSA) is 24.9 Å². The average molecular weight is 258 g/mol. The molecule has 1 aromatic carbocycles. The Balaban J connectivity index is 2.34. The van der Waals surface area contributed by atoms with Crippen molar-refractivity contribution in [2.75, 3.05) is 6.54 Å². The van der Waals surface area contributed by atoms with Gasteiger partial charge >= 0.3 is 0 Å². The molecule has 3 heteroatoms. The molecular formula is C16H19FN2. The quantitative estimate of drug-likeness (QED) is 0.886. The second kappa shape index (κ2) is 6.43. The van der Waals surface area contributed by atoms with Crippen LogP contribution in [-0.4, -0.2) is 11.5 Å². The number of aromatic nitrogens is 1. The van der Waals surface area contributed by atoms with E-state index in [1.165, 1.54) is 6.07 Å². The summed E-state index contributed by atoms with van der Waals surface area (Å²) in [6.07, 6.45) is 4.67. The van der Waals surface area contributed by atoms with Gasteiger partial charge < -0.3 is 5.32 Å². The van der Waals surface area contributed by atoms with Gasteiger partial charge in [-0.3, -0.25) is 4.98 Å². The van der Waals surface area contributed by atoms with E-state index in [-0.39, 0.29) is 11.9 Å². The molecule has 0 aliphatic heterocycles. The molecule has 0 unspecified atom stereocenters. The van der Waals surface area contributed by atoms with Crippen LogP contribution >= 0.6 is 0 Å². The second-order valence-electron chi connectivity index (χ2n) is 4.68. The monoisotopic (exact) mass is 258 g/mol. The van der Waals surface area contributed by atoms with E-state index in [0.717, 1.165) is 24.1 Å². The van der Waals surface area contributed by atoms with Crippen LogP contribution in [0, 0.1) is 12.7 Å². The highest BCUT2D eigenvalue weighted by Crippen LogP contribution is 2.23. The van der Waals surface area contributed by atoms with Gasteiger partial charge in [-0.2, -0.15) is 0 Å². The van der Waals surface area contributed by atoms with E-state index in [1.807, 2.05) is 30.5 Å². The van der Waals surface area contributed by atoms with Crippen molar-refractivity contribution in [2.24, 2.45) is 0 Å². The maximum Gasteiger partial charge on any atom is 0.126 e. The molecule has 100 valence electrons. The summed E-state index contributed by atoms with van der Waals surface area (Å²) in [6, 6.07) is 9.29. The maximum atomic E-state index is 13.4. The summed E-state index contributed by atoms with van der Waals surface area (Å²) in [4.78, 5) is 4.17. The van der Waals surface area contributed by atoms with E-state index in [1.54, 1.807) is 13.1 Å². The van der Waals surface area contributed by atoms with Crippen LogP contribution < -0.4 is 5.32 Å². The zero-order chi connectivity index (χ0) is 13.7. The normalized spacial score (nSPS) is 12.4. The number of nitrogens with zero attached hydrogens (tertiary/aromatic N) is 1. The molecule has 1 heterocycles. The van der Waals surface area contributed by atoms with Gasteiger partial charge in [0.15, 0.2) is 0 Å². The minimum absolute atomic E-state index is 0.0629. The smallest absolute Gasteiger partial charge is 0.126 e. The minimum Gasteiger partial charge on any atom is -0.306 e. The van der Waals surface area contributed by atoms with Crippen LogP contribution in [0.5, 0.6) is 0 Å². The Bertz CT molecular complexity index is 526. The van der Waals surface area contributed by atoms with Gasteiger partial charge in [-0.25, -0.2) is 4.39 Å². The van der Waals surface area contributed by atoms with Crippen LogP contribution in [0.1, 0.15) is 36.1 Å². The van der Waals surface area contributed by atoms with E-state index >= 15 is 0 Å². The molecule has 0 saturated carbocycles. The number of halogens is 1. The minimum atomic E-state index is -0.163. The summed E-state index contributed by atoms with van der Waals surface area (Å²) in [5.41, 5.74) is 2.84. The lowest BCUT2D eigenvalue weighted by Crippen LogP contribution is -2.23. The van der Waals surface area contributed by atoms with Crippen molar-refractivity contribution < 1.29 is 4.39 Å². The molecule has 0 spiro atoms. The molecule has 1 aromatic heterocycles. The molecule has 0 aliphatic carbocycles. The number of benzene rings is 1. The van der Waals surface area contributed by atoms with Crippen LogP contribution in [0.2, 0.25) is 0 Å². The highest BCUT2D eigenvalue weighted by Gasteiger charge is 2.14. The molecule has 19 heavy (non-hydrogen) atoms. The highest BCUT2D eigenvalue weighted by atomic mass is 19.1. The third-order valence-electron chi connectivity index (χ3n) is 3.13. The first-order chi connectivity index (χ1) is 9.22. The van der Waals surface area contributed by atoms with Gasteiger partial charge in [-0.05, 0) is 48.7 Å². The summed E-state index contributed by atoms with van der Waals surface area (Å²) in [5.74, 6) is -0.163. The number of nitrogens with one attached hydrogen (secondary N) is 1. The molecule has 2 aromatic rings. The first-order valence-electron chi connectivity index (χ1n) is 6.61. The van der Waals surface area contributed by atoms with E-state index < -0.39 is 0 Å². The molecule has 0 amide bonds. The summed E-state index contributed by atoms with van der Waals surface area (Å²) in [5, 5.41) is 3.49. The molecule has 0 aliphatic rings. The zero-order valence-corrected chi connectivity index (χ0v) is 11.4. The van der Waals surface area contributed by atoms with E-state index in [0.29, 0.717) is 5.56 Å². The van der Waals surface area contributed by atoms with E-state index in [2.05, 4.69) is 17.2 Å². The molecule has 2 rings (SSSR count). The number of rotatable bonds is 5. The van der Waals surface area contributed by atoms with Crippen molar-refractivity contribution >= 4 is 0 Å². The van der Waals surface area contributed by atoms with Crippen LogP contribution in [0.3, 0.4) is 0 Å². The standard InChI is InChI=1S/C16H19FN2/c1-3-8-19-16(14-5-4-9-18-11-14)13-6-7-15(17)12(2)10-13/h4-7,9-11,16,19H,3,8H2,1-2H3/t16-/m1/s1. The van der Waals surface area contributed by atoms with E-state index in [4.69, 9.17) is 0 Å². The van der Waals surface area contributed by atoms with Crippen LogP contribution in [-0.2, 0) is 0 Å². The van der Waals surface area contributed by atoms with E-state index in [9.17, 15) is 4.39 Å². The molecule has 0 radical (unpaired) electrons. The first kappa shape index (κ1) is 13.7. The van der Waals surface area contributed by atoms with Crippen molar-refractivity contribution in [3.63, 3.8) is 0 Å². The Hall–Kier alpha value is -1.74. The van der Waals surface area contributed by atoms with Crippen molar-refractivity contribution in [2.45, 2.75) is 26.3 Å². The largest absolute Gasteiger partial charge is 0.306 e. The molecule has 0 fully saturated rings. The maximum absolute atomic E-state index is 13.4. The number of pyridine rings is 1. The van der Waals surface area contributed by atoms with Crippen molar-refractivity contribution in [3.05, 3.63) is 65.2 Å². The lowest BCUT2D eigenvalue weighted by molar-refractivity contribution is 0.589. The fourth-order valence-electron chi connectivity index (χ4n) is 2.11. The fourth-order valence-corrected chi connectivity index (χ4v) is 2.11. The Morgan fingerprint density at radius 1 is 1.26 bits per heavy atom. The van der Waals surface area contributed by atoms with Gasteiger partial charge in [0.1, 0.15) is 5.82 Å². The summed E-state index contributed by atoms with van der Waals surface area (Å²) in [7, 11) is 0. The van der Waals surface area contributed by atoms with Crippen LogP contribution in [0.25, 0.3) is 0 Å². The highest BCUT2D eigenvalue weighted by molar-refractivity contribution is 5.33. The lowest BCUT2D eigenvalue weighted by Gasteiger charge is -2.19. The van der Waals surface area contributed by atoms with Crippen molar-refractivity contribution in [1.82, 2.24) is 10.3 Å². The Morgan fingerprint density at radius 2 is 2.11 bits per heavy atom. The molecular weight excluding hydrogens is 239 g/mol. The number of aryl methyl sites for hydroxylation is 1. The van der Waals surface area contributed by atoms with Gasteiger partial charge in [-0.15, -0.1) is 0 Å². The van der Waals surface area contributed by atoms with Gasteiger partial charge in [0.2, 0.25) is 0 Å². The van der Waals surface area contributed by atoms with Crippen LogP contribution in [0.4, 0.5) is 4.39 Å². The number of hydrogen-bond acceptors (Lipinski definition) is 2. The first-order valence-corrected chi connectivity index (χ1v) is 6.61. The second-order valence-corrected chi connectivity index (χ2v) is 4.68. The third kappa shape index (κ3) is 3.38. The van der Waals surface area contributed by atoms with Crippen LogP contribution in [0.15, 0.2) is 42.7 Å². The predicted molar refractivity (Wildman–Crippen MR) is 75.5 cm³/mol. The zero-order valence-electron chi connectivity index (χ0n) is 11.4. The van der Waals surface area contributed by atoms with Gasteiger partial charge in [0.25, 0.3) is 0 Å². The van der Waals surface area contributed by atoms with Crippen molar-refractivity contribution in [3.8, 4) is 0 Å². The van der Waals surface area contributed by atoms with Gasteiger partial charge in [0.05, 0.1) is 6.04 Å². The Morgan fingerprint density at radius 3 is 2.74 bits per heavy atom.